The lowest BCUT2D eigenvalue weighted by atomic mass is 9.83. The fraction of sp³-hybridized carbons (Fsp3) is 0.292. The van der Waals surface area contributed by atoms with E-state index in [9.17, 15) is 18.0 Å². The molecule has 3 aromatic rings. The third-order valence-electron chi connectivity index (χ3n) is 6.39. The molecule has 0 radical (unpaired) electrons. The number of benzene rings is 1. The fourth-order valence-electron chi connectivity index (χ4n) is 4.80. The number of likely N-dealkylation sites (tertiary alicyclic amines) is 1. The van der Waals surface area contributed by atoms with Crippen LogP contribution in [0.4, 0.5) is 5.69 Å². The molecule has 4 heterocycles. The first kappa shape index (κ1) is 22.1. The number of hydrogen-bond donors (Lipinski definition) is 1. The van der Waals surface area contributed by atoms with Crippen LogP contribution in [0.3, 0.4) is 0 Å². The van der Waals surface area contributed by atoms with Crippen LogP contribution < -0.4 is 15.0 Å². The predicted octanol–water partition coefficient (Wildman–Crippen LogP) is 2.31. The molecular weight excluding hydrogens is 456 g/mol. The second kappa shape index (κ2) is 8.60. The number of methoxy groups -OCH3 is 1. The molecule has 0 aliphatic carbocycles. The van der Waals surface area contributed by atoms with Crippen molar-refractivity contribution in [3.8, 4) is 5.75 Å². The number of carbonyl (C=O) groups is 1. The van der Waals surface area contributed by atoms with Gasteiger partial charge in [-0.15, -0.1) is 0 Å². The van der Waals surface area contributed by atoms with Crippen molar-refractivity contribution in [3.63, 3.8) is 0 Å². The van der Waals surface area contributed by atoms with Crippen LogP contribution >= 0.6 is 0 Å². The zero-order valence-corrected chi connectivity index (χ0v) is 19.4. The maximum atomic E-state index is 13.2. The van der Waals surface area contributed by atoms with Gasteiger partial charge in [-0.1, -0.05) is 6.07 Å². The number of nitrogens with zero attached hydrogens (tertiary/aromatic N) is 3. The second-order valence-electron chi connectivity index (χ2n) is 8.59. The molecule has 1 amide bonds. The Balaban J connectivity index is 1.39. The molecule has 0 spiro atoms. The summed E-state index contributed by atoms with van der Waals surface area (Å²) in [6.07, 6.45) is 2.48. The first-order valence-corrected chi connectivity index (χ1v) is 12.4. The van der Waals surface area contributed by atoms with Gasteiger partial charge >= 0.3 is 0 Å². The molecule has 0 saturated carbocycles. The van der Waals surface area contributed by atoms with E-state index < -0.39 is 10.0 Å². The Hall–Kier alpha value is -3.66. The topological polar surface area (TPSA) is 111 Å². The summed E-state index contributed by atoms with van der Waals surface area (Å²) in [5.74, 6) is 0.523. The SMILES string of the molecule is COc1ccc(S(=O)(=O)Nc2ccc3n(c2=O)C[C@@H]2C[C@@H]3CN(C(=O)c3ccccn3)C2)cc1. The van der Waals surface area contributed by atoms with Crippen molar-refractivity contribution in [1.29, 1.82) is 0 Å². The fourth-order valence-corrected chi connectivity index (χ4v) is 5.86. The quantitative estimate of drug-likeness (QED) is 0.600. The van der Waals surface area contributed by atoms with Gasteiger partial charge in [0.2, 0.25) is 0 Å². The van der Waals surface area contributed by atoms with Crippen molar-refractivity contribution in [3.05, 3.63) is 82.5 Å². The van der Waals surface area contributed by atoms with E-state index in [0.717, 1.165) is 12.1 Å². The molecular formula is C24H24N4O5S. The highest BCUT2D eigenvalue weighted by Gasteiger charge is 2.37. The van der Waals surface area contributed by atoms with E-state index in [1.807, 2.05) is 0 Å². The molecule has 1 fully saturated rings. The summed E-state index contributed by atoms with van der Waals surface area (Å²) in [4.78, 5) is 32.1. The molecule has 5 rings (SSSR count). The first-order chi connectivity index (χ1) is 16.4. The van der Waals surface area contributed by atoms with E-state index in [1.54, 1.807) is 52.1 Å². The van der Waals surface area contributed by atoms with Gasteiger partial charge < -0.3 is 14.2 Å². The average molecular weight is 481 g/mol. The van der Waals surface area contributed by atoms with Crippen molar-refractivity contribution in [1.82, 2.24) is 14.5 Å². The van der Waals surface area contributed by atoms with Crippen LogP contribution in [0.1, 0.15) is 28.5 Å². The Morgan fingerprint density at radius 1 is 1.06 bits per heavy atom. The number of carbonyl (C=O) groups excluding carboxylic acids is 1. The smallest absolute Gasteiger partial charge is 0.275 e. The van der Waals surface area contributed by atoms with Gasteiger partial charge in [0.1, 0.15) is 17.1 Å². The van der Waals surface area contributed by atoms with E-state index in [4.69, 9.17) is 4.74 Å². The van der Waals surface area contributed by atoms with Gasteiger partial charge in [0, 0.05) is 37.4 Å². The average Bonchev–Trinajstić information content (AvgIpc) is 2.86. The summed E-state index contributed by atoms with van der Waals surface area (Å²) in [5, 5.41) is 0. The predicted molar refractivity (Wildman–Crippen MR) is 125 cm³/mol. The summed E-state index contributed by atoms with van der Waals surface area (Å²) in [6, 6.07) is 14.5. The molecule has 1 N–H and O–H groups in total. The number of aromatic nitrogens is 2. The molecule has 176 valence electrons. The Labute approximate surface area is 197 Å². The Bertz CT molecular complexity index is 1390. The zero-order valence-electron chi connectivity index (χ0n) is 18.5. The van der Waals surface area contributed by atoms with E-state index in [-0.39, 0.29) is 33.9 Å². The number of sulfonamides is 1. The third-order valence-corrected chi connectivity index (χ3v) is 7.77. The van der Waals surface area contributed by atoms with Gasteiger partial charge in [0.15, 0.2) is 0 Å². The van der Waals surface area contributed by atoms with Crippen molar-refractivity contribution in [2.45, 2.75) is 23.8 Å². The number of fused-ring (bicyclic) bond motifs is 4. The summed E-state index contributed by atoms with van der Waals surface area (Å²) in [6.45, 7) is 1.44. The molecule has 2 aliphatic heterocycles. The molecule has 9 nitrogen and oxygen atoms in total. The Morgan fingerprint density at radius 3 is 2.56 bits per heavy atom. The normalized spacial score (nSPS) is 19.3. The number of anilines is 1. The van der Waals surface area contributed by atoms with Crippen LogP contribution in [0.25, 0.3) is 0 Å². The lowest BCUT2D eigenvalue weighted by Gasteiger charge is -2.42. The molecule has 2 bridgehead atoms. The van der Waals surface area contributed by atoms with Crippen LogP contribution in [-0.4, -0.2) is 49.0 Å². The number of pyridine rings is 2. The van der Waals surface area contributed by atoms with Crippen LogP contribution in [0.2, 0.25) is 0 Å². The molecule has 10 heteroatoms. The van der Waals surface area contributed by atoms with Crippen LogP contribution in [0.5, 0.6) is 5.75 Å². The highest BCUT2D eigenvalue weighted by molar-refractivity contribution is 7.92. The number of amides is 1. The number of nitrogens with one attached hydrogen (secondary N) is 1. The van der Waals surface area contributed by atoms with Crippen molar-refractivity contribution >= 4 is 21.6 Å². The Morgan fingerprint density at radius 2 is 1.85 bits per heavy atom. The monoisotopic (exact) mass is 480 g/mol. The number of piperidine rings is 1. The number of rotatable bonds is 5. The van der Waals surface area contributed by atoms with Crippen molar-refractivity contribution < 1.29 is 17.9 Å². The van der Waals surface area contributed by atoms with Gasteiger partial charge in [-0.05, 0) is 60.9 Å². The minimum absolute atomic E-state index is 0.0000996. The highest BCUT2D eigenvalue weighted by Crippen LogP contribution is 2.36. The van der Waals surface area contributed by atoms with Crippen LogP contribution in [-0.2, 0) is 16.6 Å². The van der Waals surface area contributed by atoms with Crippen LogP contribution in [0.15, 0.2) is 70.5 Å². The van der Waals surface area contributed by atoms with E-state index in [2.05, 4.69) is 9.71 Å². The van der Waals surface area contributed by atoms with Gasteiger partial charge in [-0.2, -0.15) is 0 Å². The molecule has 2 aliphatic rings. The minimum atomic E-state index is -3.94. The minimum Gasteiger partial charge on any atom is -0.497 e. The molecule has 34 heavy (non-hydrogen) atoms. The van der Waals surface area contributed by atoms with Crippen molar-refractivity contribution in [2.24, 2.45) is 5.92 Å². The third kappa shape index (κ3) is 4.05. The molecule has 2 aromatic heterocycles. The van der Waals surface area contributed by atoms with Gasteiger partial charge in [-0.25, -0.2) is 8.42 Å². The lowest BCUT2D eigenvalue weighted by Crippen LogP contribution is -2.49. The summed E-state index contributed by atoms with van der Waals surface area (Å²) in [5.41, 5.74) is 0.838. The van der Waals surface area contributed by atoms with E-state index in [1.165, 1.54) is 25.3 Å². The Kier molecular flexibility index (Phi) is 5.60. The summed E-state index contributed by atoms with van der Waals surface area (Å²) >= 11 is 0. The number of ether oxygens (including phenoxy) is 1. The maximum absolute atomic E-state index is 13.2. The standard InChI is InChI=1S/C24H24N4O5S/c1-33-18-5-7-19(8-6-18)34(31,32)26-21-9-10-22-17-12-16(14-28(22)24(21)30)13-27(15-17)23(29)20-4-2-3-11-25-20/h2-11,16-17,26H,12-15H2,1H3/t16-,17-/m1/s1. The molecule has 1 aromatic carbocycles. The second-order valence-corrected chi connectivity index (χ2v) is 10.3. The summed E-state index contributed by atoms with van der Waals surface area (Å²) < 4.78 is 34.8. The van der Waals surface area contributed by atoms with Gasteiger partial charge in [0.25, 0.3) is 21.5 Å². The largest absolute Gasteiger partial charge is 0.497 e. The zero-order chi connectivity index (χ0) is 23.9. The van der Waals surface area contributed by atoms with Gasteiger partial charge in [0.05, 0.1) is 12.0 Å². The first-order valence-electron chi connectivity index (χ1n) is 11.0. The summed E-state index contributed by atoms with van der Waals surface area (Å²) in [7, 11) is -2.44. The van der Waals surface area contributed by atoms with E-state index >= 15 is 0 Å². The highest BCUT2D eigenvalue weighted by atomic mass is 32.2. The molecule has 1 saturated heterocycles. The van der Waals surface area contributed by atoms with Crippen molar-refractivity contribution in [2.75, 3.05) is 24.9 Å². The lowest BCUT2D eigenvalue weighted by molar-refractivity contribution is 0.0589. The molecule has 0 unspecified atom stereocenters. The molecule has 2 atom stereocenters. The maximum Gasteiger partial charge on any atom is 0.275 e. The van der Waals surface area contributed by atoms with Crippen LogP contribution in [0, 0.1) is 5.92 Å². The van der Waals surface area contributed by atoms with Gasteiger partial charge in [-0.3, -0.25) is 19.3 Å². The number of hydrogen-bond acceptors (Lipinski definition) is 6. The van der Waals surface area contributed by atoms with E-state index in [0.29, 0.717) is 31.1 Å².